The van der Waals surface area contributed by atoms with Crippen molar-refractivity contribution in [2.24, 2.45) is 5.73 Å². The lowest BCUT2D eigenvalue weighted by Crippen LogP contribution is -2.00. The lowest BCUT2D eigenvalue weighted by molar-refractivity contribution is 0.449. The van der Waals surface area contributed by atoms with Gasteiger partial charge in [0.15, 0.2) is 0 Å². The largest absolute Gasteiger partial charge is 0.457 e. The molecule has 2 N–H and O–H groups in total. The third-order valence-corrected chi connectivity index (χ3v) is 4.24. The van der Waals surface area contributed by atoms with Crippen molar-refractivity contribution in [1.29, 1.82) is 0 Å². The van der Waals surface area contributed by atoms with Gasteiger partial charge in [0.05, 0.1) is 5.69 Å². The van der Waals surface area contributed by atoms with Crippen molar-refractivity contribution in [1.82, 2.24) is 4.98 Å². The molecule has 0 atom stereocenters. The Morgan fingerprint density at radius 1 is 0.724 bits per heavy atom. The van der Waals surface area contributed by atoms with Gasteiger partial charge < -0.3 is 15.2 Å². The Morgan fingerprint density at radius 3 is 2.14 bits per heavy atom. The van der Waals surface area contributed by atoms with Crippen molar-refractivity contribution >= 4 is 0 Å². The lowest BCUT2D eigenvalue weighted by Gasteiger charge is -2.11. The Kier molecular flexibility index (Phi) is 5.49. The van der Waals surface area contributed by atoms with Crippen LogP contribution in [-0.4, -0.2) is 4.98 Å². The molecule has 4 nitrogen and oxygen atoms in total. The van der Waals surface area contributed by atoms with Crippen LogP contribution >= 0.6 is 0 Å². The Labute approximate surface area is 168 Å². The van der Waals surface area contributed by atoms with E-state index in [0.29, 0.717) is 29.6 Å². The number of pyridine rings is 1. The van der Waals surface area contributed by atoms with Gasteiger partial charge in [-0.3, -0.25) is 0 Å². The van der Waals surface area contributed by atoms with E-state index in [1.165, 1.54) is 12.1 Å². The molecule has 0 saturated carbocycles. The maximum absolute atomic E-state index is 13.2. The predicted molar refractivity (Wildman–Crippen MR) is 111 cm³/mol. The van der Waals surface area contributed by atoms with Crippen LogP contribution in [0.25, 0.3) is 11.3 Å². The molecule has 0 aliphatic rings. The Bertz CT molecular complexity index is 1100. The van der Waals surface area contributed by atoms with Crippen LogP contribution in [0.2, 0.25) is 0 Å². The lowest BCUT2D eigenvalue weighted by atomic mass is 10.1. The molecule has 0 amide bonds. The summed E-state index contributed by atoms with van der Waals surface area (Å²) in [6, 6.07) is 26.7. The van der Waals surface area contributed by atoms with Crippen LogP contribution in [0.3, 0.4) is 0 Å². The van der Waals surface area contributed by atoms with Crippen molar-refractivity contribution in [2.75, 3.05) is 0 Å². The van der Waals surface area contributed by atoms with Crippen molar-refractivity contribution in [2.45, 2.75) is 6.54 Å². The summed E-state index contributed by atoms with van der Waals surface area (Å²) in [5.41, 5.74) is 8.15. The summed E-state index contributed by atoms with van der Waals surface area (Å²) in [6.07, 6.45) is 0. The molecule has 4 aromatic rings. The fraction of sp³-hybridized carbons (Fsp3) is 0.0417. The second kappa shape index (κ2) is 8.54. The van der Waals surface area contributed by atoms with Gasteiger partial charge in [0.25, 0.3) is 0 Å². The minimum Gasteiger partial charge on any atom is -0.457 e. The Morgan fingerprint density at radius 2 is 1.41 bits per heavy atom. The van der Waals surface area contributed by atoms with Crippen molar-refractivity contribution in [3.63, 3.8) is 0 Å². The summed E-state index contributed by atoms with van der Waals surface area (Å²) >= 11 is 0. The molecular weight excluding hydrogens is 367 g/mol. The van der Waals surface area contributed by atoms with Crippen LogP contribution in [0.5, 0.6) is 23.1 Å². The Balaban J connectivity index is 1.59. The maximum atomic E-state index is 13.2. The van der Waals surface area contributed by atoms with Crippen molar-refractivity contribution in [3.8, 4) is 34.4 Å². The molecule has 0 aliphatic heterocycles. The third kappa shape index (κ3) is 4.78. The number of nitrogens with zero attached hydrogens (tertiary/aromatic N) is 1. The number of hydrogen-bond acceptors (Lipinski definition) is 4. The Hall–Kier alpha value is -3.70. The highest BCUT2D eigenvalue weighted by atomic mass is 19.1. The molecule has 0 aliphatic carbocycles. The number of aromatic nitrogens is 1. The van der Waals surface area contributed by atoms with E-state index in [9.17, 15) is 4.39 Å². The number of halogens is 1. The molecule has 144 valence electrons. The molecule has 0 spiro atoms. The molecule has 0 unspecified atom stereocenters. The fourth-order valence-corrected chi connectivity index (χ4v) is 2.84. The monoisotopic (exact) mass is 386 g/mol. The zero-order valence-corrected chi connectivity index (χ0v) is 15.6. The first-order valence-corrected chi connectivity index (χ1v) is 9.17. The van der Waals surface area contributed by atoms with Crippen LogP contribution in [-0.2, 0) is 6.54 Å². The smallest absolute Gasteiger partial charge is 0.220 e. The minimum absolute atomic E-state index is 0.296. The van der Waals surface area contributed by atoms with Crippen LogP contribution in [0.15, 0.2) is 91.0 Å². The summed E-state index contributed by atoms with van der Waals surface area (Å²) in [6.45, 7) is 0.338. The van der Waals surface area contributed by atoms with Gasteiger partial charge in [0.2, 0.25) is 5.88 Å². The molecule has 0 saturated heterocycles. The van der Waals surface area contributed by atoms with E-state index in [1.54, 1.807) is 24.3 Å². The first-order chi connectivity index (χ1) is 14.2. The van der Waals surface area contributed by atoms with E-state index in [2.05, 4.69) is 4.98 Å². The number of nitrogens with two attached hydrogens (primary N) is 1. The molecule has 3 aromatic carbocycles. The quantitative estimate of drug-likeness (QED) is 0.446. The van der Waals surface area contributed by atoms with E-state index < -0.39 is 0 Å². The number of hydrogen-bond donors (Lipinski definition) is 1. The van der Waals surface area contributed by atoms with Gasteiger partial charge in [-0.2, -0.15) is 0 Å². The molecule has 29 heavy (non-hydrogen) atoms. The number of ether oxygens (including phenoxy) is 2. The maximum Gasteiger partial charge on any atom is 0.220 e. The fourth-order valence-electron chi connectivity index (χ4n) is 2.84. The van der Waals surface area contributed by atoms with Gasteiger partial charge in [-0.25, -0.2) is 9.37 Å². The molecule has 1 heterocycles. The number of para-hydroxylation sites is 1. The average molecular weight is 386 g/mol. The van der Waals surface area contributed by atoms with Crippen LogP contribution in [0.4, 0.5) is 4.39 Å². The molecule has 0 bridgehead atoms. The van der Waals surface area contributed by atoms with Crippen LogP contribution in [0.1, 0.15) is 5.56 Å². The highest BCUT2D eigenvalue weighted by Crippen LogP contribution is 2.29. The van der Waals surface area contributed by atoms with Gasteiger partial charge in [0.1, 0.15) is 23.1 Å². The van der Waals surface area contributed by atoms with Gasteiger partial charge in [-0.15, -0.1) is 0 Å². The predicted octanol–water partition coefficient (Wildman–Crippen LogP) is 5.93. The zero-order chi connectivity index (χ0) is 20.1. The minimum atomic E-state index is -0.296. The van der Waals surface area contributed by atoms with E-state index in [-0.39, 0.29) is 5.82 Å². The van der Waals surface area contributed by atoms with Gasteiger partial charge in [-0.05, 0) is 60.2 Å². The third-order valence-electron chi connectivity index (χ3n) is 4.24. The summed E-state index contributed by atoms with van der Waals surface area (Å²) in [5.74, 6) is 2.10. The van der Waals surface area contributed by atoms with Gasteiger partial charge in [0, 0.05) is 24.2 Å². The van der Waals surface area contributed by atoms with Gasteiger partial charge >= 0.3 is 0 Å². The van der Waals surface area contributed by atoms with Gasteiger partial charge in [-0.1, -0.05) is 24.3 Å². The molecule has 5 heteroatoms. The first-order valence-electron chi connectivity index (χ1n) is 9.17. The summed E-state index contributed by atoms with van der Waals surface area (Å²) in [5, 5.41) is 0. The van der Waals surface area contributed by atoms with E-state index in [4.69, 9.17) is 15.2 Å². The average Bonchev–Trinajstić information content (AvgIpc) is 2.75. The zero-order valence-electron chi connectivity index (χ0n) is 15.6. The standard InChI is InChI=1S/C24H19FN2O2/c25-19-11-9-18(10-12-19)23-13-17(16-26)14-24(27-23)29-22-8-4-7-21(15-22)28-20-5-2-1-3-6-20/h1-15H,16,26H2. The highest BCUT2D eigenvalue weighted by Gasteiger charge is 2.08. The van der Waals surface area contributed by atoms with Crippen molar-refractivity contribution in [3.05, 3.63) is 102 Å². The first kappa shape index (κ1) is 18.7. The molecular formula is C24H19FN2O2. The molecule has 0 fully saturated rings. The van der Waals surface area contributed by atoms with Crippen LogP contribution < -0.4 is 15.2 Å². The normalized spacial score (nSPS) is 10.6. The van der Waals surface area contributed by atoms with Crippen LogP contribution in [0, 0.1) is 5.82 Å². The van der Waals surface area contributed by atoms with Crippen molar-refractivity contribution < 1.29 is 13.9 Å². The molecule has 0 radical (unpaired) electrons. The number of rotatable bonds is 6. The second-order valence-electron chi connectivity index (χ2n) is 6.40. The summed E-state index contributed by atoms with van der Waals surface area (Å²) < 4.78 is 25.0. The van der Waals surface area contributed by atoms with E-state index in [1.807, 2.05) is 54.6 Å². The highest BCUT2D eigenvalue weighted by molar-refractivity contribution is 5.60. The van der Waals surface area contributed by atoms with E-state index >= 15 is 0 Å². The topological polar surface area (TPSA) is 57.4 Å². The van der Waals surface area contributed by atoms with E-state index in [0.717, 1.165) is 16.9 Å². The second-order valence-corrected chi connectivity index (χ2v) is 6.40. The summed E-state index contributed by atoms with van der Waals surface area (Å²) in [4.78, 5) is 4.55. The number of benzene rings is 3. The SMILES string of the molecule is NCc1cc(Oc2cccc(Oc3ccccc3)c2)nc(-c2ccc(F)cc2)c1. The summed E-state index contributed by atoms with van der Waals surface area (Å²) in [7, 11) is 0. The molecule has 4 rings (SSSR count). The molecule has 1 aromatic heterocycles.